The average molecular weight is 430 g/mol. The minimum atomic E-state index is -0.684. The molecule has 0 aliphatic carbocycles. The van der Waals surface area contributed by atoms with Crippen molar-refractivity contribution >= 4 is 17.5 Å². The van der Waals surface area contributed by atoms with E-state index in [0.29, 0.717) is 41.0 Å². The number of amides is 1. The van der Waals surface area contributed by atoms with Gasteiger partial charge in [0.15, 0.2) is 17.2 Å². The van der Waals surface area contributed by atoms with E-state index in [2.05, 4.69) is 10.4 Å². The Labute approximate surface area is 176 Å². The van der Waals surface area contributed by atoms with Gasteiger partial charge in [0.05, 0.1) is 5.02 Å². The third-order valence-electron chi connectivity index (χ3n) is 4.51. The van der Waals surface area contributed by atoms with Gasteiger partial charge in [-0.15, -0.1) is 0 Å². The van der Waals surface area contributed by atoms with E-state index < -0.39 is 17.2 Å². The van der Waals surface area contributed by atoms with E-state index in [1.807, 2.05) is 0 Å². The highest BCUT2D eigenvalue weighted by Gasteiger charge is 2.19. The molecule has 0 fully saturated rings. The summed E-state index contributed by atoms with van der Waals surface area (Å²) in [6.45, 7) is 2.52. The zero-order valence-electron chi connectivity index (χ0n) is 15.9. The maximum absolute atomic E-state index is 14.2. The van der Waals surface area contributed by atoms with Gasteiger partial charge in [-0.3, -0.25) is 9.59 Å². The first-order valence-corrected chi connectivity index (χ1v) is 9.54. The number of fused-ring (bicyclic) bond motifs is 1. The zero-order valence-corrected chi connectivity index (χ0v) is 16.7. The van der Waals surface area contributed by atoms with E-state index in [4.69, 9.17) is 21.1 Å². The van der Waals surface area contributed by atoms with Gasteiger partial charge < -0.3 is 14.8 Å². The van der Waals surface area contributed by atoms with Crippen molar-refractivity contribution in [2.24, 2.45) is 0 Å². The van der Waals surface area contributed by atoms with Crippen molar-refractivity contribution in [1.29, 1.82) is 0 Å². The van der Waals surface area contributed by atoms with E-state index in [0.717, 1.165) is 0 Å². The van der Waals surface area contributed by atoms with Gasteiger partial charge in [0.1, 0.15) is 24.7 Å². The van der Waals surface area contributed by atoms with Crippen LogP contribution in [-0.4, -0.2) is 28.9 Å². The molecule has 1 aromatic heterocycles. The van der Waals surface area contributed by atoms with Crippen LogP contribution >= 0.6 is 11.6 Å². The molecule has 1 aliphatic heterocycles. The second kappa shape index (κ2) is 8.16. The Bertz CT molecular complexity index is 1200. The summed E-state index contributed by atoms with van der Waals surface area (Å²) in [5.41, 5.74) is 0.312. The summed E-state index contributed by atoms with van der Waals surface area (Å²) in [5, 5.41) is 7.09. The van der Waals surface area contributed by atoms with Crippen LogP contribution in [0.5, 0.6) is 11.5 Å². The van der Waals surface area contributed by atoms with Crippen molar-refractivity contribution < 1.29 is 18.7 Å². The molecule has 30 heavy (non-hydrogen) atoms. The molecule has 0 bridgehead atoms. The van der Waals surface area contributed by atoms with Crippen molar-refractivity contribution in [3.63, 3.8) is 0 Å². The maximum Gasteiger partial charge on any atom is 0.276 e. The van der Waals surface area contributed by atoms with Gasteiger partial charge in [0, 0.05) is 18.3 Å². The van der Waals surface area contributed by atoms with E-state index in [9.17, 15) is 14.0 Å². The van der Waals surface area contributed by atoms with Crippen LogP contribution in [0.1, 0.15) is 21.7 Å². The molecular formula is C21H17ClFN3O4. The number of para-hydroxylation sites is 1. The van der Waals surface area contributed by atoms with Crippen LogP contribution in [0.2, 0.25) is 5.02 Å². The normalized spacial score (nSPS) is 12.5. The second-order valence-electron chi connectivity index (χ2n) is 6.65. The van der Waals surface area contributed by atoms with E-state index in [-0.39, 0.29) is 17.9 Å². The van der Waals surface area contributed by atoms with Crippen LogP contribution in [-0.2, 0) is 6.54 Å². The Balaban J connectivity index is 1.58. The number of carbonyl (C=O) groups is 1. The SMILES string of the molecule is Cc1cc(=O)c(C(=O)NCc2cc(Cl)c3c(c2)OCCO3)nn1-c1ccccc1F. The third-order valence-corrected chi connectivity index (χ3v) is 4.79. The highest BCUT2D eigenvalue weighted by Crippen LogP contribution is 2.38. The van der Waals surface area contributed by atoms with Gasteiger partial charge in [-0.1, -0.05) is 23.7 Å². The summed E-state index contributed by atoms with van der Waals surface area (Å²) in [6, 6.07) is 10.6. The molecule has 2 aromatic carbocycles. The highest BCUT2D eigenvalue weighted by molar-refractivity contribution is 6.32. The third kappa shape index (κ3) is 3.86. The molecule has 0 spiro atoms. The number of aromatic nitrogens is 2. The molecule has 0 radical (unpaired) electrons. The smallest absolute Gasteiger partial charge is 0.276 e. The van der Waals surface area contributed by atoms with Gasteiger partial charge in [-0.2, -0.15) is 5.10 Å². The molecule has 0 atom stereocenters. The van der Waals surface area contributed by atoms with E-state index in [1.54, 1.807) is 31.2 Å². The predicted molar refractivity (Wildman–Crippen MR) is 108 cm³/mol. The average Bonchev–Trinajstić information content (AvgIpc) is 2.73. The molecule has 1 N–H and O–H groups in total. The Morgan fingerprint density at radius 2 is 2.00 bits per heavy atom. The fourth-order valence-corrected chi connectivity index (χ4v) is 3.39. The lowest BCUT2D eigenvalue weighted by atomic mass is 10.2. The van der Waals surface area contributed by atoms with Crippen molar-refractivity contribution in [2.45, 2.75) is 13.5 Å². The van der Waals surface area contributed by atoms with Gasteiger partial charge in [0.2, 0.25) is 5.43 Å². The number of nitrogens with one attached hydrogen (secondary N) is 1. The molecule has 9 heteroatoms. The minimum Gasteiger partial charge on any atom is -0.486 e. The predicted octanol–water partition coefficient (Wildman–Crippen LogP) is 3.03. The van der Waals surface area contributed by atoms with Gasteiger partial charge >= 0.3 is 0 Å². The monoisotopic (exact) mass is 429 g/mol. The Morgan fingerprint density at radius 3 is 2.80 bits per heavy atom. The van der Waals surface area contributed by atoms with E-state index in [1.165, 1.54) is 22.9 Å². The molecule has 2 heterocycles. The second-order valence-corrected chi connectivity index (χ2v) is 7.05. The van der Waals surface area contributed by atoms with Crippen molar-refractivity contribution in [1.82, 2.24) is 15.1 Å². The Hall–Kier alpha value is -3.39. The van der Waals surface area contributed by atoms with Crippen molar-refractivity contribution in [3.05, 3.63) is 80.5 Å². The summed E-state index contributed by atoms with van der Waals surface area (Å²) >= 11 is 6.21. The first-order valence-electron chi connectivity index (χ1n) is 9.16. The van der Waals surface area contributed by atoms with Gasteiger partial charge in [-0.05, 0) is 36.8 Å². The fraction of sp³-hybridized carbons (Fsp3) is 0.190. The largest absolute Gasteiger partial charge is 0.486 e. The number of hydrogen-bond donors (Lipinski definition) is 1. The topological polar surface area (TPSA) is 82.5 Å². The fourth-order valence-electron chi connectivity index (χ4n) is 3.10. The lowest BCUT2D eigenvalue weighted by Gasteiger charge is -2.20. The molecule has 0 saturated heterocycles. The van der Waals surface area contributed by atoms with Crippen LogP contribution in [0, 0.1) is 12.7 Å². The zero-order chi connectivity index (χ0) is 21.3. The number of aryl methyl sites for hydroxylation is 1. The van der Waals surface area contributed by atoms with Crippen LogP contribution < -0.4 is 20.2 Å². The maximum atomic E-state index is 14.2. The standard InChI is InChI=1S/C21H17ClFN3O4/c1-12-8-17(27)19(25-26(12)16-5-3-2-4-15(16)23)21(28)24-11-13-9-14(22)20-18(10-13)29-6-7-30-20/h2-5,8-10H,6-7,11H2,1H3,(H,24,28). The Morgan fingerprint density at radius 1 is 1.23 bits per heavy atom. The molecule has 1 aliphatic rings. The first kappa shape index (κ1) is 19.9. The summed E-state index contributed by atoms with van der Waals surface area (Å²) in [5.74, 6) is -0.246. The van der Waals surface area contributed by atoms with E-state index >= 15 is 0 Å². The summed E-state index contributed by atoms with van der Waals surface area (Å²) in [4.78, 5) is 24.9. The summed E-state index contributed by atoms with van der Waals surface area (Å²) in [7, 11) is 0. The minimum absolute atomic E-state index is 0.0872. The summed E-state index contributed by atoms with van der Waals surface area (Å²) < 4.78 is 26.4. The summed E-state index contributed by atoms with van der Waals surface area (Å²) in [6.07, 6.45) is 0. The van der Waals surface area contributed by atoms with Crippen LogP contribution in [0.3, 0.4) is 0 Å². The first-order chi connectivity index (χ1) is 14.4. The van der Waals surface area contributed by atoms with Gasteiger partial charge in [0.25, 0.3) is 5.91 Å². The number of benzene rings is 2. The van der Waals surface area contributed by atoms with Gasteiger partial charge in [-0.25, -0.2) is 9.07 Å². The van der Waals surface area contributed by atoms with Crippen molar-refractivity contribution in [2.75, 3.05) is 13.2 Å². The molecule has 4 rings (SSSR count). The Kier molecular flexibility index (Phi) is 5.41. The number of nitrogens with zero attached hydrogens (tertiary/aromatic N) is 2. The molecular weight excluding hydrogens is 413 g/mol. The van der Waals surface area contributed by atoms with Crippen LogP contribution in [0.15, 0.2) is 47.3 Å². The highest BCUT2D eigenvalue weighted by atomic mass is 35.5. The molecule has 154 valence electrons. The molecule has 7 nitrogen and oxygen atoms in total. The van der Waals surface area contributed by atoms with Crippen LogP contribution in [0.4, 0.5) is 4.39 Å². The van der Waals surface area contributed by atoms with Crippen molar-refractivity contribution in [3.8, 4) is 17.2 Å². The van der Waals surface area contributed by atoms with Crippen LogP contribution in [0.25, 0.3) is 5.69 Å². The molecule has 3 aromatic rings. The molecule has 0 unspecified atom stereocenters. The molecule has 0 saturated carbocycles. The number of hydrogen-bond acceptors (Lipinski definition) is 5. The number of carbonyl (C=O) groups excluding carboxylic acids is 1. The number of rotatable bonds is 4. The number of ether oxygens (including phenoxy) is 2. The number of halogens is 2. The quantitative estimate of drug-likeness (QED) is 0.689. The molecule has 1 amide bonds. The lowest BCUT2D eigenvalue weighted by molar-refractivity contribution is 0.0942. The lowest BCUT2D eigenvalue weighted by Crippen LogP contribution is -2.31.